The molecule has 0 heterocycles. The molecule has 0 aromatic heterocycles. The fourth-order valence-corrected chi connectivity index (χ4v) is 2.64. The highest BCUT2D eigenvalue weighted by Gasteiger charge is 2.16. The Kier molecular flexibility index (Phi) is 5.99. The van der Waals surface area contributed by atoms with Gasteiger partial charge in [-0.05, 0) is 36.0 Å². The average Bonchev–Trinajstić information content (AvgIpc) is 2.26. The van der Waals surface area contributed by atoms with Crippen molar-refractivity contribution in [1.82, 2.24) is 0 Å². The Hall–Kier alpha value is -0.410. The molecule has 0 bridgehead atoms. The van der Waals surface area contributed by atoms with Crippen molar-refractivity contribution in [1.29, 1.82) is 0 Å². The van der Waals surface area contributed by atoms with Crippen molar-refractivity contribution in [3.05, 3.63) is 35.6 Å². The summed E-state index contributed by atoms with van der Waals surface area (Å²) in [5.74, 6) is 0.777. The van der Waals surface area contributed by atoms with E-state index in [9.17, 15) is 4.39 Å². The SMILES string of the molecule is COCC(C)C(CBr)Cc1cccc(F)c1. The van der Waals surface area contributed by atoms with E-state index in [2.05, 4.69) is 22.9 Å². The molecule has 0 saturated heterocycles. The zero-order valence-electron chi connectivity index (χ0n) is 9.75. The molecular formula is C13H18BrFO. The fourth-order valence-electron chi connectivity index (χ4n) is 1.77. The van der Waals surface area contributed by atoms with E-state index in [4.69, 9.17) is 4.74 Å². The van der Waals surface area contributed by atoms with E-state index in [0.717, 1.165) is 23.9 Å². The van der Waals surface area contributed by atoms with E-state index in [0.29, 0.717) is 11.8 Å². The summed E-state index contributed by atoms with van der Waals surface area (Å²) in [5, 5.41) is 0.911. The summed E-state index contributed by atoms with van der Waals surface area (Å²) in [4.78, 5) is 0. The summed E-state index contributed by atoms with van der Waals surface area (Å²) >= 11 is 3.51. The van der Waals surface area contributed by atoms with Crippen molar-refractivity contribution < 1.29 is 9.13 Å². The average molecular weight is 289 g/mol. The lowest BCUT2D eigenvalue weighted by Gasteiger charge is -2.21. The van der Waals surface area contributed by atoms with Crippen LogP contribution in [-0.2, 0) is 11.2 Å². The third-order valence-electron chi connectivity index (χ3n) is 2.82. The van der Waals surface area contributed by atoms with Crippen molar-refractivity contribution in [2.24, 2.45) is 11.8 Å². The maximum Gasteiger partial charge on any atom is 0.123 e. The smallest absolute Gasteiger partial charge is 0.123 e. The summed E-state index contributed by atoms with van der Waals surface area (Å²) in [6.07, 6.45) is 0.882. The molecule has 1 aromatic carbocycles. The Bertz CT molecular complexity index is 317. The molecule has 1 aromatic rings. The van der Waals surface area contributed by atoms with E-state index in [1.807, 2.05) is 6.07 Å². The maximum absolute atomic E-state index is 13.0. The number of benzene rings is 1. The number of halogens is 2. The van der Waals surface area contributed by atoms with Crippen molar-refractivity contribution >= 4 is 15.9 Å². The minimum Gasteiger partial charge on any atom is -0.384 e. The van der Waals surface area contributed by atoms with Crippen LogP contribution in [0.15, 0.2) is 24.3 Å². The summed E-state index contributed by atoms with van der Waals surface area (Å²) in [7, 11) is 1.71. The molecule has 0 N–H and O–H groups in total. The monoisotopic (exact) mass is 288 g/mol. The first-order valence-electron chi connectivity index (χ1n) is 5.46. The van der Waals surface area contributed by atoms with Gasteiger partial charge in [-0.15, -0.1) is 0 Å². The molecule has 0 spiro atoms. The van der Waals surface area contributed by atoms with Gasteiger partial charge in [-0.2, -0.15) is 0 Å². The Morgan fingerprint density at radius 3 is 2.75 bits per heavy atom. The highest BCUT2D eigenvalue weighted by molar-refractivity contribution is 9.09. The van der Waals surface area contributed by atoms with Crippen LogP contribution in [0.5, 0.6) is 0 Å². The molecule has 1 nitrogen and oxygen atoms in total. The van der Waals surface area contributed by atoms with Gasteiger partial charge in [0.15, 0.2) is 0 Å². The Morgan fingerprint density at radius 2 is 2.19 bits per heavy atom. The van der Waals surface area contributed by atoms with Crippen LogP contribution in [0.3, 0.4) is 0 Å². The van der Waals surface area contributed by atoms with Crippen molar-refractivity contribution in [3.8, 4) is 0 Å². The van der Waals surface area contributed by atoms with Crippen LogP contribution in [0.1, 0.15) is 12.5 Å². The first-order chi connectivity index (χ1) is 7.67. The number of hydrogen-bond donors (Lipinski definition) is 0. The van der Waals surface area contributed by atoms with E-state index >= 15 is 0 Å². The standard InChI is InChI=1S/C13H18BrFO/c1-10(9-16-2)12(8-14)6-11-4-3-5-13(15)7-11/h3-5,7,10,12H,6,8-9H2,1-2H3. The Labute approximate surface area is 105 Å². The van der Waals surface area contributed by atoms with Crippen LogP contribution >= 0.6 is 15.9 Å². The molecule has 1 rings (SSSR count). The molecule has 16 heavy (non-hydrogen) atoms. The van der Waals surface area contributed by atoms with Gasteiger partial charge in [0, 0.05) is 19.0 Å². The van der Waals surface area contributed by atoms with Gasteiger partial charge in [0.25, 0.3) is 0 Å². The summed E-state index contributed by atoms with van der Waals surface area (Å²) in [6.45, 7) is 2.90. The predicted octanol–water partition coefficient (Wildman–Crippen LogP) is 3.66. The second-order valence-electron chi connectivity index (χ2n) is 4.18. The van der Waals surface area contributed by atoms with E-state index in [1.165, 1.54) is 6.07 Å². The summed E-state index contributed by atoms with van der Waals surface area (Å²) in [5.41, 5.74) is 1.05. The maximum atomic E-state index is 13.0. The molecule has 0 fully saturated rings. The molecule has 0 aliphatic rings. The largest absolute Gasteiger partial charge is 0.384 e. The molecule has 0 aliphatic carbocycles. The van der Waals surface area contributed by atoms with Gasteiger partial charge >= 0.3 is 0 Å². The summed E-state index contributed by atoms with van der Waals surface area (Å²) < 4.78 is 18.2. The lowest BCUT2D eigenvalue weighted by Crippen LogP contribution is -2.20. The van der Waals surface area contributed by atoms with Crippen molar-refractivity contribution in [3.63, 3.8) is 0 Å². The second kappa shape index (κ2) is 7.02. The highest BCUT2D eigenvalue weighted by atomic mass is 79.9. The van der Waals surface area contributed by atoms with Gasteiger partial charge < -0.3 is 4.74 Å². The number of methoxy groups -OCH3 is 1. The van der Waals surface area contributed by atoms with Crippen molar-refractivity contribution in [2.75, 3.05) is 19.0 Å². The molecule has 3 heteroatoms. The quantitative estimate of drug-likeness (QED) is 0.726. The first kappa shape index (κ1) is 13.7. The van der Waals surface area contributed by atoms with Crippen LogP contribution in [0.25, 0.3) is 0 Å². The van der Waals surface area contributed by atoms with E-state index in [-0.39, 0.29) is 5.82 Å². The van der Waals surface area contributed by atoms with Gasteiger partial charge in [-0.25, -0.2) is 4.39 Å². The number of rotatable bonds is 6. The highest BCUT2D eigenvalue weighted by Crippen LogP contribution is 2.20. The molecule has 0 aliphatic heterocycles. The Morgan fingerprint density at radius 1 is 1.44 bits per heavy atom. The number of hydrogen-bond acceptors (Lipinski definition) is 1. The van der Waals surface area contributed by atoms with E-state index < -0.39 is 0 Å². The number of alkyl halides is 1. The second-order valence-corrected chi connectivity index (χ2v) is 4.83. The lowest BCUT2D eigenvalue weighted by molar-refractivity contribution is 0.135. The minimum atomic E-state index is -0.162. The minimum absolute atomic E-state index is 0.162. The van der Waals surface area contributed by atoms with Crippen LogP contribution in [0.4, 0.5) is 4.39 Å². The van der Waals surface area contributed by atoms with Crippen LogP contribution < -0.4 is 0 Å². The molecule has 90 valence electrons. The molecule has 0 radical (unpaired) electrons. The van der Waals surface area contributed by atoms with Gasteiger partial charge in [0.1, 0.15) is 5.82 Å². The molecule has 0 amide bonds. The van der Waals surface area contributed by atoms with Gasteiger partial charge in [-0.3, -0.25) is 0 Å². The normalized spacial score (nSPS) is 14.8. The van der Waals surface area contributed by atoms with Gasteiger partial charge in [-0.1, -0.05) is 35.0 Å². The fraction of sp³-hybridized carbons (Fsp3) is 0.538. The third-order valence-corrected chi connectivity index (χ3v) is 3.65. The van der Waals surface area contributed by atoms with Crippen molar-refractivity contribution in [2.45, 2.75) is 13.3 Å². The molecule has 2 atom stereocenters. The molecule has 0 saturated carbocycles. The zero-order chi connectivity index (χ0) is 12.0. The predicted molar refractivity (Wildman–Crippen MR) is 68.4 cm³/mol. The van der Waals surface area contributed by atoms with Crippen LogP contribution in [0.2, 0.25) is 0 Å². The topological polar surface area (TPSA) is 9.23 Å². The zero-order valence-corrected chi connectivity index (χ0v) is 11.3. The summed E-state index contributed by atoms with van der Waals surface area (Å²) in [6, 6.07) is 6.82. The molecular weight excluding hydrogens is 271 g/mol. The third kappa shape index (κ3) is 4.22. The first-order valence-corrected chi connectivity index (χ1v) is 6.58. The lowest BCUT2D eigenvalue weighted by atomic mass is 9.90. The van der Waals surface area contributed by atoms with E-state index in [1.54, 1.807) is 19.2 Å². The van der Waals surface area contributed by atoms with Crippen LogP contribution in [0, 0.1) is 17.7 Å². The van der Waals surface area contributed by atoms with Gasteiger partial charge in [0.2, 0.25) is 0 Å². The number of ether oxygens (including phenoxy) is 1. The van der Waals surface area contributed by atoms with Gasteiger partial charge in [0.05, 0.1) is 0 Å². The van der Waals surface area contributed by atoms with Crippen LogP contribution in [-0.4, -0.2) is 19.0 Å². The molecule has 2 unspecified atom stereocenters. The Balaban J connectivity index is 2.62.